The molecule has 24 heavy (non-hydrogen) atoms. The highest BCUT2D eigenvalue weighted by molar-refractivity contribution is 5.78. The summed E-state index contributed by atoms with van der Waals surface area (Å²) >= 11 is 0. The third-order valence-electron chi connectivity index (χ3n) is 5.18. The van der Waals surface area contributed by atoms with E-state index in [0.29, 0.717) is 38.8 Å². The normalized spacial score (nSPS) is 28.5. The average Bonchev–Trinajstić information content (AvgIpc) is 3.21. The number of carbonyl (C=O) groups is 1. The number of nitrogens with zero attached hydrogens (tertiary/aromatic N) is 4. The zero-order valence-electron chi connectivity index (χ0n) is 14.1. The second-order valence-corrected chi connectivity index (χ2v) is 6.88. The summed E-state index contributed by atoms with van der Waals surface area (Å²) in [6.45, 7) is 3.75. The summed E-state index contributed by atoms with van der Waals surface area (Å²) in [5.41, 5.74) is 0. The van der Waals surface area contributed by atoms with Crippen LogP contribution in [0.15, 0.2) is 0 Å². The predicted octanol–water partition coefficient (Wildman–Crippen LogP) is 0.303. The minimum atomic E-state index is 0.0694. The van der Waals surface area contributed by atoms with Gasteiger partial charge in [-0.15, -0.1) is 0 Å². The third-order valence-corrected chi connectivity index (χ3v) is 5.18. The number of hydrogen-bond acceptors (Lipinski definition) is 6. The van der Waals surface area contributed by atoms with Gasteiger partial charge in [0.25, 0.3) is 0 Å². The quantitative estimate of drug-likeness (QED) is 0.833. The van der Waals surface area contributed by atoms with Crippen LogP contribution >= 0.6 is 0 Å². The van der Waals surface area contributed by atoms with Crippen LogP contribution in [0.1, 0.15) is 42.9 Å². The number of rotatable bonds is 5. The van der Waals surface area contributed by atoms with E-state index in [1.165, 1.54) is 12.8 Å². The van der Waals surface area contributed by atoms with Crippen molar-refractivity contribution in [2.45, 2.75) is 37.3 Å². The first-order chi connectivity index (χ1) is 11.7. The van der Waals surface area contributed by atoms with Gasteiger partial charge in [-0.3, -0.25) is 14.8 Å². The van der Waals surface area contributed by atoms with Gasteiger partial charge in [0.15, 0.2) is 5.82 Å². The van der Waals surface area contributed by atoms with Gasteiger partial charge in [0.05, 0.1) is 31.9 Å². The number of methoxy groups -OCH3 is 1. The van der Waals surface area contributed by atoms with Gasteiger partial charge in [-0.05, 0) is 19.3 Å². The topological polar surface area (TPSA) is 83.6 Å². The minimum absolute atomic E-state index is 0.0694. The molecule has 1 N–H and O–H groups in total. The molecule has 1 saturated carbocycles. The first-order valence-electron chi connectivity index (χ1n) is 8.79. The highest BCUT2D eigenvalue weighted by Gasteiger charge is 2.38. The largest absolute Gasteiger partial charge is 0.380 e. The molecule has 3 aliphatic rings. The number of amides is 1. The number of hydrogen-bond donors (Lipinski definition) is 1. The van der Waals surface area contributed by atoms with Crippen LogP contribution in [-0.4, -0.2) is 83.5 Å². The molecule has 0 bridgehead atoms. The second kappa shape index (κ2) is 6.78. The van der Waals surface area contributed by atoms with Gasteiger partial charge in [-0.2, -0.15) is 5.10 Å². The first-order valence-corrected chi connectivity index (χ1v) is 8.79. The molecule has 8 nitrogen and oxygen atoms in total. The number of H-pyrrole nitrogens is 1. The molecule has 8 heteroatoms. The molecule has 2 saturated heterocycles. The summed E-state index contributed by atoms with van der Waals surface area (Å²) in [7, 11) is 1.73. The van der Waals surface area contributed by atoms with Crippen LogP contribution < -0.4 is 0 Å². The summed E-state index contributed by atoms with van der Waals surface area (Å²) in [4.78, 5) is 21.3. The number of aromatic amines is 1. The minimum Gasteiger partial charge on any atom is -0.380 e. The molecule has 3 heterocycles. The Balaban J connectivity index is 1.45. The van der Waals surface area contributed by atoms with Crippen molar-refractivity contribution in [1.82, 2.24) is 25.0 Å². The molecule has 132 valence electrons. The zero-order valence-corrected chi connectivity index (χ0v) is 14.1. The molecule has 0 unspecified atom stereocenters. The van der Waals surface area contributed by atoms with Gasteiger partial charge in [-0.1, -0.05) is 0 Å². The lowest BCUT2D eigenvalue weighted by atomic mass is 10.2. The lowest BCUT2D eigenvalue weighted by Crippen LogP contribution is -2.46. The van der Waals surface area contributed by atoms with E-state index in [4.69, 9.17) is 9.47 Å². The van der Waals surface area contributed by atoms with Gasteiger partial charge in [0.1, 0.15) is 5.82 Å². The van der Waals surface area contributed by atoms with Crippen molar-refractivity contribution in [2.75, 3.05) is 46.5 Å². The Hall–Kier alpha value is -1.51. The maximum Gasteiger partial charge on any atom is 0.236 e. The maximum absolute atomic E-state index is 12.6. The zero-order chi connectivity index (χ0) is 16.5. The van der Waals surface area contributed by atoms with Crippen LogP contribution in [0.25, 0.3) is 0 Å². The molecule has 1 amide bonds. The fraction of sp³-hybridized carbons (Fsp3) is 0.812. The van der Waals surface area contributed by atoms with Crippen LogP contribution in [0, 0.1) is 0 Å². The Kier molecular flexibility index (Phi) is 4.51. The van der Waals surface area contributed by atoms with Crippen molar-refractivity contribution in [3.63, 3.8) is 0 Å². The van der Waals surface area contributed by atoms with Gasteiger partial charge < -0.3 is 14.4 Å². The number of nitrogens with one attached hydrogen (secondary N) is 1. The molecule has 0 aromatic carbocycles. The van der Waals surface area contributed by atoms with Gasteiger partial charge >= 0.3 is 0 Å². The summed E-state index contributed by atoms with van der Waals surface area (Å²) < 4.78 is 10.9. The predicted molar refractivity (Wildman–Crippen MR) is 85.5 cm³/mol. The van der Waals surface area contributed by atoms with Gasteiger partial charge in [-0.25, -0.2) is 4.98 Å². The third kappa shape index (κ3) is 3.31. The Labute approximate surface area is 141 Å². The lowest BCUT2D eigenvalue weighted by molar-refractivity contribution is -0.136. The molecule has 0 spiro atoms. The van der Waals surface area contributed by atoms with Crippen molar-refractivity contribution in [3.8, 4) is 0 Å². The molecule has 1 aromatic heterocycles. The van der Waals surface area contributed by atoms with E-state index in [-0.39, 0.29) is 18.1 Å². The molecule has 0 radical (unpaired) electrons. The van der Waals surface area contributed by atoms with E-state index in [2.05, 4.69) is 20.1 Å². The lowest BCUT2D eigenvalue weighted by Gasteiger charge is -2.30. The standard InChI is InChI=1S/C16H25N5O3/c1-23-12-8-13(16-17-15(18-19-16)11-2-3-11)21(9-12)10-14(22)20-4-6-24-7-5-20/h11-13H,2-10H2,1H3,(H,17,18,19)/t12-,13+/m1/s1. The molecule has 3 fully saturated rings. The van der Waals surface area contributed by atoms with Crippen molar-refractivity contribution in [2.24, 2.45) is 0 Å². The highest BCUT2D eigenvalue weighted by Crippen LogP contribution is 2.39. The Morgan fingerprint density at radius 3 is 2.88 bits per heavy atom. The summed E-state index contributed by atoms with van der Waals surface area (Å²) in [6, 6.07) is 0.0694. The van der Waals surface area contributed by atoms with Crippen molar-refractivity contribution in [1.29, 1.82) is 0 Å². The average molecular weight is 335 g/mol. The number of carbonyl (C=O) groups excluding carboxylic acids is 1. The summed E-state index contributed by atoms with van der Waals surface area (Å²) in [5.74, 6) is 2.47. The first kappa shape index (κ1) is 16.0. The Bertz CT molecular complexity index is 582. The fourth-order valence-electron chi connectivity index (χ4n) is 3.54. The van der Waals surface area contributed by atoms with E-state index in [9.17, 15) is 4.79 Å². The number of likely N-dealkylation sites (tertiary alicyclic amines) is 1. The van der Waals surface area contributed by atoms with Crippen LogP contribution in [0.5, 0.6) is 0 Å². The fourth-order valence-corrected chi connectivity index (χ4v) is 3.54. The smallest absolute Gasteiger partial charge is 0.236 e. The maximum atomic E-state index is 12.6. The van der Waals surface area contributed by atoms with E-state index >= 15 is 0 Å². The monoisotopic (exact) mass is 335 g/mol. The number of ether oxygens (including phenoxy) is 2. The van der Waals surface area contributed by atoms with Crippen molar-refractivity contribution in [3.05, 3.63) is 11.6 Å². The van der Waals surface area contributed by atoms with Gasteiger partial charge in [0, 0.05) is 32.7 Å². The number of aromatic nitrogens is 3. The Morgan fingerprint density at radius 2 is 2.17 bits per heavy atom. The SMILES string of the molecule is CO[C@@H]1C[C@@H](c2nc(C3CC3)n[nH]2)N(CC(=O)N2CCOCC2)C1. The van der Waals surface area contributed by atoms with Crippen molar-refractivity contribution >= 4 is 5.91 Å². The van der Waals surface area contributed by atoms with Crippen LogP contribution in [0.3, 0.4) is 0 Å². The van der Waals surface area contributed by atoms with Crippen LogP contribution in [0.4, 0.5) is 0 Å². The molecule has 1 aliphatic carbocycles. The van der Waals surface area contributed by atoms with Crippen LogP contribution in [-0.2, 0) is 14.3 Å². The molecular formula is C16H25N5O3. The molecule has 2 atom stereocenters. The molecule has 1 aromatic rings. The summed E-state index contributed by atoms with van der Waals surface area (Å²) in [6.07, 6.45) is 3.33. The Morgan fingerprint density at radius 1 is 1.38 bits per heavy atom. The second-order valence-electron chi connectivity index (χ2n) is 6.88. The van der Waals surface area contributed by atoms with E-state index < -0.39 is 0 Å². The molecular weight excluding hydrogens is 310 g/mol. The van der Waals surface area contributed by atoms with Crippen LogP contribution in [0.2, 0.25) is 0 Å². The van der Waals surface area contributed by atoms with Gasteiger partial charge in [0.2, 0.25) is 5.91 Å². The molecule has 2 aliphatic heterocycles. The highest BCUT2D eigenvalue weighted by atomic mass is 16.5. The molecule has 4 rings (SSSR count). The van der Waals surface area contributed by atoms with Crippen molar-refractivity contribution < 1.29 is 14.3 Å². The van der Waals surface area contributed by atoms with E-state index in [0.717, 1.165) is 24.6 Å². The van der Waals surface area contributed by atoms with E-state index in [1.807, 2.05) is 4.90 Å². The van der Waals surface area contributed by atoms with E-state index in [1.54, 1.807) is 7.11 Å². The summed E-state index contributed by atoms with van der Waals surface area (Å²) in [5, 5.41) is 7.45. The number of morpholine rings is 1.